The summed E-state index contributed by atoms with van der Waals surface area (Å²) in [5.74, 6) is 1.89. The summed E-state index contributed by atoms with van der Waals surface area (Å²) in [6, 6.07) is 8.02. The number of hydrogen-bond donors (Lipinski definition) is 2. The van der Waals surface area contributed by atoms with Crippen molar-refractivity contribution in [2.75, 3.05) is 32.1 Å². The van der Waals surface area contributed by atoms with Gasteiger partial charge in [-0.1, -0.05) is 23.7 Å². The van der Waals surface area contributed by atoms with E-state index in [1.807, 2.05) is 18.2 Å². The number of hydrogen-bond acceptors (Lipinski definition) is 4. The molecule has 1 fully saturated rings. The molecule has 1 aliphatic heterocycles. The van der Waals surface area contributed by atoms with Crippen molar-refractivity contribution in [2.24, 2.45) is 0 Å². The van der Waals surface area contributed by atoms with Crippen molar-refractivity contribution in [1.82, 2.24) is 10.6 Å². The molecule has 0 aliphatic carbocycles. The molecule has 6 heteroatoms. The van der Waals surface area contributed by atoms with Gasteiger partial charge in [-0.05, 0) is 17.7 Å². The molecule has 0 spiro atoms. The fourth-order valence-corrected chi connectivity index (χ4v) is 3.15. The quantitative estimate of drug-likeness (QED) is 0.752. The molecule has 0 bridgehead atoms. The Hall–Kier alpha value is -0.750. The van der Waals surface area contributed by atoms with Gasteiger partial charge in [0.15, 0.2) is 0 Å². The summed E-state index contributed by atoms with van der Waals surface area (Å²) >= 11 is 7.73. The minimum Gasteiger partial charge on any atom is -0.378 e. The van der Waals surface area contributed by atoms with Crippen molar-refractivity contribution in [1.29, 1.82) is 0 Å². The molecular weight excluding hydrogens is 308 g/mol. The van der Waals surface area contributed by atoms with E-state index in [0.29, 0.717) is 19.6 Å². The second kappa shape index (κ2) is 9.30. The third kappa shape index (κ3) is 6.70. The highest BCUT2D eigenvalue weighted by atomic mass is 35.5. The van der Waals surface area contributed by atoms with Gasteiger partial charge >= 0.3 is 0 Å². The van der Waals surface area contributed by atoms with E-state index < -0.39 is 0 Å². The molecule has 0 saturated carbocycles. The summed E-state index contributed by atoms with van der Waals surface area (Å²) in [6.45, 7) is 2.88. The van der Waals surface area contributed by atoms with E-state index in [-0.39, 0.29) is 11.9 Å². The molecule has 1 aromatic carbocycles. The summed E-state index contributed by atoms with van der Waals surface area (Å²) in [7, 11) is 0. The Morgan fingerprint density at radius 3 is 3.19 bits per heavy atom. The van der Waals surface area contributed by atoms with Gasteiger partial charge in [0.25, 0.3) is 0 Å². The standard InChI is InChI=1S/C15H21ClN2O2S/c16-13-3-1-2-12(8-13)11-21-7-5-18-15(19)9-14-10-20-6-4-17-14/h1-3,8,14,17H,4-7,9-11H2,(H,18,19)/t14-/m0/s1. The number of morpholine rings is 1. The molecule has 0 unspecified atom stereocenters. The highest BCUT2D eigenvalue weighted by Crippen LogP contribution is 2.16. The Morgan fingerprint density at radius 1 is 1.52 bits per heavy atom. The summed E-state index contributed by atoms with van der Waals surface area (Å²) in [5, 5.41) is 6.99. The summed E-state index contributed by atoms with van der Waals surface area (Å²) in [5.41, 5.74) is 1.21. The van der Waals surface area contributed by atoms with E-state index in [1.165, 1.54) is 5.56 Å². The lowest BCUT2D eigenvalue weighted by atomic mass is 10.2. The maximum absolute atomic E-state index is 11.8. The SMILES string of the molecule is O=C(C[C@H]1COCCN1)NCCSCc1cccc(Cl)c1. The van der Waals surface area contributed by atoms with Gasteiger partial charge in [0.05, 0.1) is 13.2 Å². The van der Waals surface area contributed by atoms with Gasteiger partial charge in [-0.25, -0.2) is 0 Å². The van der Waals surface area contributed by atoms with E-state index in [2.05, 4.69) is 16.7 Å². The molecule has 1 aromatic rings. The van der Waals surface area contributed by atoms with Crippen molar-refractivity contribution < 1.29 is 9.53 Å². The van der Waals surface area contributed by atoms with Gasteiger partial charge < -0.3 is 15.4 Å². The van der Waals surface area contributed by atoms with Crippen LogP contribution in [0.5, 0.6) is 0 Å². The molecule has 2 rings (SSSR count). The Bertz CT molecular complexity index is 453. The molecule has 21 heavy (non-hydrogen) atoms. The van der Waals surface area contributed by atoms with Crippen LogP contribution in [-0.4, -0.2) is 44.0 Å². The highest BCUT2D eigenvalue weighted by Gasteiger charge is 2.16. The topological polar surface area (TPSA) is 50.4 Å². The minimum atomic E-state index is 0.0846. The molecule has 1 atom stereocenters. The lowest BCUT2D eigenvalue weighted by molar-refractivity contribution is -0.122. The average molecular weight is 329 g/mol. The van der Waals surface area contributed by atoms with Crippen LogP contribution in [0.15, 0.2) is 24.3 Å². The average Bonchev–Trinajstić information content (AvgIpc) is 2.48. The predicted molar refractivity (Wildman–Crippen MR) is 87.9 cm³/mol. The molecular formula is C15H21ClN2O2S. The number of ether oxygens (including phenoxy) is 1. The van der Waals surface area contributed by atoms with Crippen LogP contribution >= 0.6 is 23.4 Å². The second-order valence-electron chi connectivity index (χ2n) is 4.96. The molecule has 1 aliphatic rings. The molecule has 0 radical (unpaired) electrons. The second-order valence-corrected chi connectivity index (χ2v) is 6.50. The van der Waals surface area contributed by atoms with E-state index in [1.54, 1.807) is 11.8 Å². The van der Waals surface area contributed by atoms with E-state index in [4.69, 9.17) is 16.3 Å². The van der Waals surface area contributed by atoms with Crippen LogP contribution in [0.2, 0.25) is 5.02 Å². The van der Waals surface area contributed by atoms with E-state index >= 15 is 0 Å². The van der Waals surface area contributed by atoms with Crippen molar-refractivity contribution >= 4 is 29.3 Å². The van der Waals surface area contributed by atoms with Gasteiger partial charge in [0, 0.05) is 42.1 Å². The first kappa shape index (κ1) is 16.6. The smallest absolute Gasteiger partial charge is 0.221 e. The largest absolute Gasteiger partial charge is 0.378 e. The predicted octanol–water partition coefficient (Wildman–Crippen LogP) is 2.07. The van der Waals surface area contributed by atoms with Crippen LogP contribution in [0, 0.1) is 0 Å². The summed E-state index contributed by atoms with van der Waals surface area (Å²) in [4.78, 5) is 11.8. The van der Waals surface area contributed by atoms with Gasteiger partial charge in [-0.2, -0.15) is 11.8 Å². The maximum atomic E-state index is 11.8. The van der Waals surface area contributed by atoms with E-state index in [0.717, 1.165) is 29.7 Å². The number of benzene rings is 1. The normalized spacial score (nSPS) is 18.4. The number of nitrogens with one attached hydrogen (secondary N) is 2. The lowest BCUT2D eigenvalue weighted by Gasteiger charge is -2.23. The molecule has 1 heterocycles. The Kier molecular flexibility index (Phi) is 7.36. The number of carbonyl (C=O) groups is 1. The van der Waals surface area contributed by atoms with E-state index in [9.17, 15) is 4.79 Å². The first-order chi connectivity index (χ1) is 10.2. The fraction of sp³-hybridized carbons (Fsp3) is 0.533. The van der Waals surface area contributed by atoms with Crippen molar-refractivity contribution in [3.05, 3.63) is 34.9 Å². The molecule has 1 saturated heterocycles. The number of halogens is 1. The molecule has 1 amide bonds. The zero-order valence-corrected chi connectivity index (χ0v) is 13.5. The van der Waals surface area contributed by atoms with Crippen LogP contribution in [0.25, 0.3) is 0 Å². The van der Waals surface area contributed by atoms with Crippen molar-refractivity contribution in [3.63, 3.8) is 0 Å². The highest BCUT2D eigenvalue weighted by molar-refractivity contribution is 7.98. The molecule has 4 nitrogen and oxygen atoms in total. The number of carbonyl (C=O) groups excluding carboxylic acids is 1. The Labute approximate surface area is 135 Å². The van der Waals surface area contributed by atoms with Gasteiger partial charge in [-0.3, -0.25) is 4.79 Å². The van der Waals surface area contributed by atoms with Crippen LogP contribution in [0.1, 0.15) is 12.0 Å². The van der Waals surface area contributed by atoms with Crippen molar-refractivity contribution in [2.45, 2.75) is 18.2 Å². The number of thioether (sulfide) groups is 1. The first-order valence-electron chi connectivity index (χ1n) is 7.14. The molecule has 2 N–H and O–H groups in total. The zero-order chi connectivity index (χ0) is 14.9. The van der Waals surface area contributed by atoms with Gasteiger partial charge in [0.1, 0.15) is 0 Å². The number of rotatable bonds is 7. The summed E-state index contributed by atoms with van der Waals surface area (Å²) in [6.07, 6.45) is 0.485. The Balaban J connectivity index is 1.53. The first-order valence-corrected chi connectivity index (χ1v) is 8.67. The molecule has 116 valence electrons. The van der Waals surface area contributed by atoms with Crippen molar-refractivity contribution in [3.8, 4) is 0 Å². The third-order valence-electron chi connectivity index (χ3n) is 3.16. The maximum Gasteiger partial charge on any atom is 0.221 e. The zero-order valence-electron chi connectivity index (χ0n) is 11.9. The van der Waals surface area contributed by atoms with Crippen LogP contribution in [0.4, 0.5) is 0 Å². The number of amides is 1. The van der Waals surface area contributed by atoms with Gasteiger partial charge in [0.2, 0.25) is 5.91 Å². The lowest BCUT2D eigenvalue weighted by Crippen LogP contribution is -2.44. The van der Waals surface area contributed by atoms with Crippen LogP contribution in [0.3, 0.4) is 0 Å². The van der Waals surface area contributed by atoms with Gasteiger partial charge in [-0.15, -0.1) is 0 Å². The van der Waals surface area contributed by atoms with Crippen LogP contribution in [-0.2, 0) is 15.3 Å². The monoisotopic (exact) mass is 328 g/mol. The van der Waals surface area contributed by atoms with Crippen LogP contribution < -0.4 is 10.6 Å². The summed E-state index contributed by atoms with van der Waals surface area (Å²) < 4.78 is 5.33. The minimum absolute atomic E-state index is 0.0846. The fourth-order valence-electron chi connectivity index (χ4n) is 2.13. The molecule has 0 aromatic heterocycles. The Morgan fingerprint density at radius 2 is 2.43 bits per heavy atom. The third-order valence-corrected chi connectivity index (χ3v) is 4.42.